The predicted molar refractivity (Wildman–Crippen MR) is 105 cm³/mol. The number of nitro benzene ring substituents is 1. The van der Waals surface area contributed by atoms with Crippen LogP contribution in [-0.2, 0) is 16.0 Å². The number of anilines is 1. The minimum absolute atomic E-state index is 0.0547. The summed E-state index contributed by atoms with van der Waals surface area (Å²) in [4.78, 5) is 35.7. The van der Waals surface area contributed by atoms with Crippen LogP contribution in [-0.4, -0.2) is 22.4 Å². The second-order valence-corrected chi connectivity index (χ2v) is 7.58. The molecule has 2 aromatic carbocycles. The number of fused-ring (bicyclic) bond motifs is 1. The lowest BCUT2D eigenvalue weighted by molar-refractivity contribution is -0.384. The fourth-order valence-corrected chi connectivity index (χ4v) is 3.26. The number of amides is 1. The van der Waals surface area contributed by atoms with Crippen molar-refractivity contribution in [3.63, 3.8) is 0 Å². The van der Waals surface area contributed by atoms with Gasteiger partial charge in [-0.2, -0.15) is 0 Å². The van der Waals surface area contributed by atoms with Gasteiger partial charge in [-0.15, -0.1) is 0 Å². The average Bonchev–Trinajstić information content (AvgIpc) is 2.62. The first-order valence-electron chi connectivity index (χ1n) is 9.03. The normalized spacial score (nSPS) is 18.4. The lowest BCUT2D eigenvalue weighted by atomic mass is 9.86. The molecule has 0 aliphatic carbocycles. The van der Waals surface area contributed by atoms with Gasteiger partial charge in [-0.1, -0.05) is 26.0 Å². The van der Waals surface area contributed by atoms with Gasteiger partial charge in [0.1, 0.15) is 0 Å². The number of ether oxygens (including phenoxy) is 1. The van der Waals surface area contributed by atoms with Crippen LogP contribution < -0.4 is 5.32 Å². The smallest absolute Gasteiger partial charge is 0.339 e. The highest BCUT2D eigenvalue weighted by Gasteiger charge is 2.43. The quantitative estimate of drug-likeness (QED) is 0.487. The summed E-state index contributed by atoms with van der Waals surface area (Å²) < 4.78 is 5.48. The van der Waals surface area contributed by atoms with Crippen molar-refractivity contribution < 1.29 is 19.2 Å². The molecule has 0 radical (unpaired) electrons. The van der Waals surface area contributed by atoms with E-state index in [1.165, 1.54) is 18.2 Å². The summed E-state index contributed by atoms with van der Waals surface area (Å²) in [5.74, 6) is -0.709. The van der Waals surface area contributed by atoms with E-state index >= 15 is 0 Å². The van der Waals surface area contributed by atoms with Gasteiger partial charge in [0.2, 0.25) is 0 Å². The van der Waals surface area contributed by atoms with Gasteiger partial charge in [0.05, 0.1) is 10.5 Å². The molecule has 1 unspecified atom stereocenters. The molecule has 2 aromatic rings. The molecule has 1 aliphatic rings. The van der Waals surface area contributed by atoms with E-state index in [4.69, 9.17) is 4.74 Å². The van der Waals surface area contributed by atoms with E-state index in [-0.39, 0.29) is 12.1 Å². The Bertz CT molecular complexity index is 983. The van der Waals surface area contributed by atoms with Gasteiger partial charge in [0, 0.05) is 24.2 Å². The first-order valence-corrected chi connectivity index (χ1v) is 9.03. The molecule has 1 aliphatic heterocycles. The van der Waals surface area contributed by atoms with Crippen LogP contribution in [0.4, 0.5) is 11.4 Å². The Hall–Kier alpha value is -3.22. The maximum absolute atomic E-state index is 12.9. The van der Waals surface area contributed by atoms with Crippen molar-refractivity contribution in [1.29, 1.82) is 0 Å². The number of carbonyl (C=O) groups excluding carboxylic acids is 2. The molecule has 146 valence electrons. The third-order valence-corrected chi connectivity index (χ3v) is 5.01. The van der Waals surface area contributed by atoms with Gasteiger partial charge >= 0.3 is 5.97 Å². The number of nitrogens with zero attached hydrogens (tertiary/aromatic N) is 1. The van der Waals surface area contributed by atoms with Crippen LogP contribution in [0.1, 0.15) is 53.7 Å². The van der Waals surface area contributed by atoms with Crippen molar-refractivity contribution in [2.45, 2.75) is 45.6 Å². The monoisotopic (exact) mass is 382 g/mol. The van der Waals surface area contributed by atoms with Gasteiger partial charge in [0.25, 0.3) is 11.6 Å². The molecular formula is C21H22N2O5. The molecule has 0 aromatic heterocycles. The van der Waals surface area contributed by atoms with Gasteiger partial charge in [-0.05, 0) is 48.6 Å². The lowest BCUT2D eigenvalue weighted by Gasteiger charge is -2.33. The molecule has 1 amide bonds. The zero-order valence-corrected chi connectivity index (χ0v) is 16.2. The molecule has 3 rings (SSSR count). The summed E-state index contributed by atoms with van der Waals surface area (Å²) in [7, 11) is 0. The summed E-state index contributed by atoms with van der Waals surface area (Å²) >= 11 is 0. The fraction of sp³-hybridized carbons (Fsp3) is 0.333. The molecule has 28 heavy (non-hydrogen) atoms. The van der Waals surface area contributed by atoms with Crippen LogP contribution >= 0.6 is 0 Å². The van der Waals surface area contributed by atoms with Gasteiger partial charge in [0.15, 0.2) is 5.60 Å². The molecule has 7 heteroatoms. The number of benzene rings is 2. The molecule has 0 saturated carbocycles. The summed E-state index contributed by atoms with van der Waals surface area (Å²) in [6.07, 6.45) is 0.256. The molecule has 7 nitrogen and oxygen atoms in total. The van der Waals surface area contributed by atoms with Crippen molar-refractivity contribution in [1.82, 2.24) is 0 Å². The van der Waals surface area contributed by atoms with Gasteiger partial charge in [-0.3, -0.25) is 14.9 Å². The number of aryl methyl sites for hydroxylation is 1. The Morgan fingerprint density at radius 1 is 1.25 bits per heavy atom. The van der Waals surface area contributed by atoms with Crippen LogP contribution in [0.2, 0.25) is 0 Å². The number of esters is 1. The Morgan fingerprint density at radius 2 is 1.96 bits per heavy atom. The predicted octanol–water partition coefficient (Wildman–Crippen LogP) is 4.14. The Morgan fingerprint density at radius 3 is 2.57 bits per heavy atom. The molecule has 0 fully saturated rings. The number of non-ortho nitro benzene ring substituents is 1. The minimum Gasteiger partial charge on any atom is -0.445 e. The van der Waals surface area contributed by atoms with Crippen LogP contribution in [0.25, 0.3) is 0 Å². The zero-order valence-electron chi connectivity index (χ0n) is 16.2. The number of hydrogen-bond donors (Lipinski definition) is 1. The first kappa shape index (κ1) is 19.5. The number of nitro groups is 1. The van der Waals surface area contributed by atoms with Crippen molar-refractivity contribution >= 4 is 23.3 Å². The van der Waals surface area contributed by atoms with E-state index in [0.717, 1.165) is 11.1 Å². The molecule has 0 bridgehead atoms. The zero-order chi connectivity index (χ0) is 20.6. The van der Waals surface area contributed by atoms with Gasteiger partial charge < -0.3 is 10.1 Å². The summed E-state index contributed by atoms with van der Waals surface area (Å²) in [6.45, 7) is 7.37. The van der Waals surface area contributed by atoms with Crippen LogP contribution in [0.5, 0.6) is 0 Å². The summed E-state index contributed by atoms with van der Waals surface area (Å²) in [5, 5.41) is 13.6. The molecule has 1 heterocycles. The van der Waals surface area contributed by atoms with Crippen LogP contribution in [0.15, 0.2) is 36.4 Å². The molecule has 0 spiro atoms. The number of carbonyl (C=O) groups is 2. The number of nitrogens with one attached hydrogen (secondary N) is 1. The van der Waals surface area contributed by atoms with Crippen LogP contribution in [0.3, 0.4) is 0 Å². The van der Waals surface area contributed by atoms with E-state index in [1.807, 2.05) is 12.1 Å². The average molecular weight is 382 g/mol. The summed E-state index contributed by atoms with van der Waals surface area (Å²) in [6, 6.07) is 9.77. The molecule has 1 atom stereocenters. The number of cyclic esters (lactones) is 1. The third-order valence-electron chi connectivity index (χ3n) is 5.01. The van der Waals surface area contributed by atoms with Crippen molar-refractivity contribution in [3.05, 3.63) is 68.8 Å². The van der Waals surface area contributed by atoms with Crippen LogP contribution in [0, 0.1) is 17.0 Å². The standard InChI is InChI=1S/C21H22N2O5/c1-12(2)14-5-7-17-15(10-14)11-21(4,28-19(17)24)20(25)22-18-8-6-16(23(26)27)9-13(18)3/h5-10,12H,11H2,1-4H3,(H,22,25). The lowest BCUT2D eigenvalue weighted by Crippen LogP contribution is -2.49. The van der Waals surface area contributed by atoms with E-state index in [9.17, 15) is 19.7 Å². The van der Waals surface area contributed by atoms with Crippen molar-refractivity contribution in [2.24, 2.45) is 0 Å². The molecule has 1 N–H and O–H groups in total. The SMILES string of the molecule is Cc1cc([N+](=O)[O-])ccc1NC(=O)C1(C)Cc2cc(C(C)C)ccc2C(=O)O1. The highest BCUT2D eigenvalue weighted by molar-refractivity contribution is 6.02. The molecule has 0 saturated heterocycles. The maximum Gasteiger partial charge on any atom is 0.339 e. The maximum atomic E-state index is 12.9. The largest absolute Gasteiger partial charge is 0.445 e. The highest BCUT2D eigenvalue weighted by atomic mass is 16.6. The Kier molecular flexibility index (Phi) is 4.93. The fourth-order valence-electron chi connectivity index (χ4n) is 3.26. The second kappa shape index (κ2) is 7.07. The molecular weight excluding hydrogens is 360 g/mol. The number of rotatable bonds is 4. The first-order chi connectivity index (χ1) is 13.1. The second-order valence-electron chi connectivity index (χ2n) is 7.58. The van der Waals surface area contributed by atoms with Crippen molar-refractivity contribution in [3.8, 4) is 0 Å². The van der Waals surface area contributed by atoms with E-state index < -0.39 is 22.4 Å². The number of hydrogen-bond acceptors (Lipinski definition) is 5. The Balaban J connectivity index is 1.87. The van der Waals surface area contributed by atoms with E-state index in [2.05, 4.69) is 19.2 Å². The third kappa shape index (κ3) is 3.60. The van der Waals surface area contributed by atoms with E-state index in [1.54, 1.807) is 19.9 Å². The Labute approximate surface area is 162 Å². The summed E-state index contributed by atoms with van der Waals surface area (Å²) in [5.41, 5.74) is 1.91. The minimum atomic E-state index is -1.37. The van der Waals surface area contributed by atoms with Gasteiger partial charge in [-0.25, -0.2) is 4.79 Å². The highest BCUT2D eigenvalue weighted by Crippen LogP contribution is 2.32. The van der Waals surface area contributed by atoms with Crippen molar-refractivity contribution in [2.75, 3.05) is 5.32 Å². The topological polar surface area (TPSA) is 98.5 Å². The van der Waals surface area contributed by atoms with E-state index in [0.29, 0.717) is 22.7 Å².